The van der Waals surface area contributed by atoms with Crippen LogP contribution in [0.5, 0.6) is 0 Å². The normalized spacial score (nSPS) is 18.9. The fourth-order valence-corrected chi connectivity index (χ4v) is 1.97. The first-order valence-electron chi connectivity index (χ1n) is 5.68. The van der Waals surface area contributed by atoms with E-state index in [9.17, 15) is 4.79 Å². The van der Waals surface area contributed by atoms with Crippen LogP contribution in [0.2, 0.25) is 0 Å². The van der Waals surface area contributed by atoms with Crippen molar-refractivity contribution in [1.82, 2.24) is 4.90 Å². The predicted octanol–water partition coefficient (Wildman–Crippen LogP) is 2.59. The van der Waals surface area contributed by atoms with Crippen LogP contribution < -0.4 is 0 Å². The van der Waals surface area contributed by atoms with E-state index < -0.39 is 0 Å². The lowest BCUT2D eigenvalue weighted by Crippen LogP contribution is -2.27. The maximum atomic E-state index is 11.9. The van der Waals surface area contributed by atoms with Crippen LogP contribution in [0.25, 0.3) is 0 Å². The second kappa shape index (κ2) is 5.01. The third kappa shape index (κ3) is 2.75. The van der Waals surface area contributed by atoms with Gasteiger partial charge < -0.3 is 9.32 Å². The Morgan fingerprint density at radius 1 is 1.62 bits per heavy atom. The zero-order valence-corrected chi connectivity index (χ0v) is 9.56. The summed E-state index contributed by atoms with van der Waals surface area (Å²) in [5, 5.41) is 0. The first kappa shape index (κ1) is 11.0. The van der Waals surface area contributed by atoms with E-state index in [-0.39, 0.29) is 5.91 Å². The molecule has 0 fully saturated rings. The van der Waals surface area contributed by atoms with Crippen LogP contribution in [-0.2, 0) is 11.3 Å². The number of carbonyl (C=O) groups excluding carboxylic acids is 1. The molecule has 0 aliphatic heterocycles. The Morgan fingerprint density at radius 2 is 2.50 bits per heavy atom. The van der Waals surface area contributed by atoms with Crippen molar-refractivity contribution < 1.29 is 9.21 Å². The summed E-state index contributed by atoms with van der Waals surface area (Å²) < 4.78 is 5.22. The Balaban J connectivity index is 1.82. The lowest BCUT2D eigenvalue weighted by Gasteiger charge is -2.17. The molecule has 0 N–H and O–H groups in total. The Bertz CT molecular complexity index is 367. The molecule has 16 heavy (non-hydrogen) atoms. The number of nitrogens with zero attached hydrogens (tertiary/aromatic N) is 1. The third-order valence-corrected chi connectivity index (χ3v) is 2.95. The molecule has 0 radical (unpaired) electrons. The van der Waals surface area contributed by atoms with Gasteiger partial charge in [-0.15, -0.1) is 0 Å². The number of allylic oxidation sites excluding steroid dienone is 2. The molecular formula is C13H17NO2. The monoisotopic (exact) mass is 219 g/mol. The zero-order valence-electron chi connectivity index (χ0n) is 9.56. The quantitative estimate of drug-likeness (QED) is 0.729. The van der Waals surface area contributed by atoms with Crippen LogP contribution >= 0.6 is 0 Å². The van der Waals surface area contributed by atoms with Crippen molar-refractivity contribution in [3.05, 3.63) is 36.3 Å². The molecule has 1 aromatic rings. The lowest BCUT2D eigenvalue weighted by atomic mass is 10.0. The molecular weight excluding hydrogens is 202 g/mol. The molecule has 2 rings (SSSR count). The van der Waals surface area contributed by atoms with Gasteiger partial charge in [0.15, 0.2) is 0 Å². The second-order valence-corrected chi connectivity index (χ2v) is 4.30. The van der Waals surface area contributed by atoms with Crippen LogP contribution in [0, 0.1) is 5.92 Å². The van der Waals surface area contributed by atoms with Crippen molar-refractivity contribution in [3.63, 3.8) is 0 Å². The molecule has 3 nitrogen and oxygen atoms in total. The third-order valence-electron chi connectivity index (χ3n) is 2.95. The van der Waals surface area contributed by atoms with Crippen LogP contribution in [0.15, 0.2) is 35.0 Å². The summed E-state index contributed by atoms with van der Waals surface area (Å²) >= 11 is 0. The van der Waals surface area contributed by atoms with Gasteiger partial charge in [-0.25, -0.2) is 0 Å². The van der Waals surface area contributed by atoms with E-state index in [2.05, 4.69) is 12.2 Å². The molecule has 0 spiro atoms. The Hall–Kier alpha value is -1.51. The van der Waals surface area contributed by atoms with E-state index in [0.717, 1.165) is 18.6 Å². The van der Waals surface area contributed by atoms with Gasteiger partial charge in [-0.2, -0.15) is 0 Å². The van der Waals surface area contributed by atoms with E-state index >= 15 is 0 Å². The van der Waals surface area contributed by atoms with E-state index in [4.69, 9.17) is 4.42 Å². The van der Waals surface area contributed by atoms with E-state index in [1.807, 2.05) is 19.2 Å². The van der Waals surface area contributed by atoms with Crippen LogP contribution in [-0.4, -0.2) is 17.9 Å². The average molecular weight is 219 g/mol. The fourth-order valence-electron chi connectivity index (χ4n) is 1.97. The van der Waals surface area contributed by atoms with Gasteiger partial charge in [0.1, 0.15) is 5.76 Å². The summed E-state index contributed by atoms with van der Waals surface area (Å²) in [6.45, 7) is 0.558. The van der Waals surface area contributed by atoms with Gasteiger partial charge >= 0.3 is 0 Å². The Kier molecular flexibility index (Phi) is 3.44. The van der Waals surface area contributed by atoms with E-state index in [1.165, 1.54) is 0 Å². The largest absolute Gasteiger partial charge is 0.467 e. The highest BCUT2D eigenvalue weighted by molar-refractivity contribution is 5.76. The predicted molar refractivity (Wildman–Crippen MR) is 61.7 cm³/mol. The first-order chi connectivity index (χ1) is 7.75. The number of amides is 1. The summed E-state index contributed by atoms with van der Waals surface area (Å²) in [6.07, 6.45) is 8.78. The average Bonchev–Trinajstić information content (AvgIpc) is 2.90. The van der Waals surface area contributed by atoms with Crippen LogP contribution in [0.1, 0.15) is 25.0 Å². The van der Waals surface area contributed by atoms with E-state index in [1.54, 1.807) is 11.2 Å². The van der Waals surface area contributed by atoms with Gasteiger partial charge in [0.25, 0.3) is 0 Å². The van der Waals surface area contributed by atoms with E-state index in [0.29, 0.717) is 18.9 Å². The summed E-state index contributed by atoms with van der Waals surface area (Å²) in [6, 6.07) is 3.73. The molecule has 1 heterocycles. The highest BCUT2D eigenvalue weighted by Crippen LogP contribution is 2.21. The fraction of sp³-hybridized carbons (Fsp3) is 0.462. The summed E-state index contributed by atoms with van der Waals surface area (Å²) in [5.74, 6) is 1.46. The topological polar surface area (TPSA) is 33.5 Å². The van der Waals surface area contributed by atoms with Crippen LogP contribution in [0.4, 0.5) is 0 Å². The molecule has 1 aliphatic rings. The number of rotatable bonds is 4. The lowest BCUT2D eigenvalue weighted by molar-refractivity contribution is -0.131. The zero-order chi connectivity index (χ0) is 11.4. The standard InChI is InChI=1S/C13H17NO2/c1-14(10-12-7-4-8-16-12)13(15)9-11-5-2-3-6-11/h2,4-5,7-8,11H,3,6,9-10H2,1H3. The number of carbonyl (C=O) groups is 1. The molecule has 1 amide bonds. The van der Waals surface area contributed by atoms with Crippen LogP contribution in [0.3, 0.4) is 0 Å². The maximum Gasteiger partial charge on any atom is 0.223 e. The van der Waals surface area contributed by atoms with Crippen molar-refractivity contribution in [2.45, 2.75) is 25.8 Å². The maximum absolute atomic E-state index is 11.9. The van der Waals surface area contributed by atoms with Crippen molar-refractivity contribution >= 4 is 5.91 Å². The number of hydrogen-bond acceptors (Lipinski definition) is 2. The molecule has 3 heteroatoms. The molecule has 0 bridgehead atoms. The van der Waals surface area contributed by atoms with Crippen molar-refractivity contribution in [2.24, 2.45) is 5.92 Å². The van der Waals surface area contributed by atoms with Gasteiger partial charge in [0.05, 0.1) is 12.8 Å². The molecule has 86 valence electrons. The number of furan rings is 1. The molecule has 1 unspecified atom stereocenters. The molecule has 1 aromatic heterocycles. The highest BCUT2D eigenvalue weighted by Gasteiger charge is 2.17. The smallest absolute Gasteiger partial charge is 0.223 e. The minimum atomic E-state index is 0.188. The first-order valence-corrected chi connectivity index (χ1v) is 5.68. The molecule has 0 saturated carbocycles. The van der Waals surface area contributed by atoms with Crippen molar-refractivity contribution in [3.8, 4) is 0 Å². The van der Waals surface area contributed by atoms with Gasteiger partial charge in [-0.05, 0) is 30.9 Å². The molecule has 1 atom stereocenters. The van der Waals surface area contributed by atoms with Crippen molar-refractivity contribution in [1.29, 1.82) is 0 Å². The molecule has 0 saturated heterocycles. The van der Waals surface area contributed by atoms with Gasteiger partial charge in [-0.3, -0.25) is 4.79 Å². The minimum Gasteiger partial charge on any atom is -0.467 e. The second-order valence-electron chi connectivity index (χ2n) is 4.30. The highest BCUT2D eigenvalue weighted by atomic mass is 16.3. The summed E-state index contributed by atoms with van der Waals surface area (Å²) in [7, 11) is 1.82. The summed E-state index contributed by atoms with van der Waals surface area (Å²) in [5.41, 5.74) is 0. The Morgan fingerprint density at radius 3 is 3.12 bits per heavy atom. The molecule has 1 aliphatic carbocycles. The Labute approximate surface area is 95.7 Å². The van der Waals surface area contributed by atoms with Crippen molar-refractivity contribution in [2.75, 3.05) is 7.05 Å². The van der Waals surface area contributed by atoms with Gasteiger partial charge in [0.2, 0.25) is 5.91 Å². The van der Waals surface area contributed by atoms with Gasteiger partial charge in [-0.1, -0.05) is 12.2 Å². The SMILES string of the molecule is CN(Cc1ccco1)C(=O)CC1C=CCC1. The molecule has 0 aromatic carbocycles. The number of hydrogen-bond donors (Lipinski definition) is 0. The summed E-state index contributed by atoms with van der Waals surface area (Å²) in [4.78, 5) is 13.6. The van der Waals surface area contributed by atoms with Gasteiger partial charge in [0, 0.05) is 13.5 Å². The minimum absolute atomic E-state index is 0.188.